The van der Waals surface area contributed by atoms with Crippen molar-refractivity contribution in [3.8, 4) is 24.7 Å². The predicted octanol–water partition coefficient (Wildman–Crippen LogP) is 6.34. The minimum absolute atomic E-state index is 0.0894. The van der Waals surface area contributed by atoms with Crippen LogP contribution in [-0.4, -0.2) is 43.4 Å². The molecule has 0 spiro atoms. The van der Waals surface area contributed by atoms with Crippen LogP contribution in [0.25, 0.3) is 0 Å². The van der Waals surface area contributed by atoms with Crippen LogP contribution in [0.3, 0.4) is 0 Å². The second-order valence-corrected chi connectivity index (χ2v) is 10.7. The predicted molar refractivity (Wildman–Crippen MR) is 172 cm³/mol. The van der Waals surface area contributed by atoms with Gasteiger partial charge in [-0.3, -0.25) is 0 Å². The Morgan fingerprint density at radius 3 is 1.49 bits per heavy atom. The number of terminal acetylenes is 2. The Labute approximate surface area is 266 Å². The summed E-state index contributed by atoms with van der Waals surface area (Å²) < 4.78 is 38.9. The Hall–Kier alpha value is -4.24. The first-order valence-electron chi connectivity index (χ1n) is 15.0. The molecule has 0 aliphatic carbocycles. The van der Waals surface area contributed by atoms with Crippen molar-refractivity contribution in [1.82, 2.24) is 0 Å². The van der Waals surface area contributed by atoms with Gasteiger partial charge in [0, 0.05) is 0 Å². The lowest BCUT2D eigenvalue weighted by Gasteiger charge is -2.49. The van der Waals surface area contributed by atoms with Crippen LogP contribution in [0.4, 0.5) is 0 Å². The summed E-state index contributed by atoms with van der Waals surface area (Å²) in [4.78, 5) is 0. The summed E-state index contributed by atoms with van der Waals surface area (Å²) in [5.41, 5.74) is 3.97. The molecule has 1 aliphatic rings. The van der Waals surface area contributed by atoms with E-state index >= 15 is 0 Å². The lowest BCUT2D eigenvalue weighted by atomic mass is 9.91. The molecule has 0 bridgehead atoms. The summed E-state index contributed by atoms with van der Waals surface area (Å²) in [5, 5.41) is 0. The maximum atomic E-state index is 6.69. The van der Waals surface area contributed by atoms with Crippen LogP contribution in [0.2, 0.25) is 0 Å². The summed E-state index contributed by atoms with van der Waals surface area (Å²) in [5.74, 6) is 3.59. The molecule has 1 fully saturated rings. The van der Waals surface area contributed by atoms with Gasteiger partial charge in [-0.25, -0.2) is 0 Å². The van der Waals surface area contributed by atoms with Gasteiger partial charge in [0.2, 0.25) is 0 Å². The quantitative estimate of drug-likeness (QED) is 0.148. The molecule has 0 radical (unpaired) electrons. The smallest absolute Gasteiger partial charge is 0.264 e. The first-order valence-corrected chi connectivity index (χ1v) is 15.0. The molecule has 1 heterocycles. The fraction of sp³-hybridized carbons (Fsp3) is 0.282. The molecule has 6 nitrogen and oxygen atoms in total. The third-order valence-corrected chi connectivity index (χ3v) is 7.50. The Morgan fingerprint density at radius 2 is 1.02 bits per heavy atom. The summed E-state index contributed by atoms with van der Waals surface area (Å²) in [7, 11) is 0. The van der Waals surface area contributed by atoms with E-state index in [1.165, 1.54) is 0 Å². The van der Waals surface area contributed by atoms with Gasteiger partial charge in [0.15, 0.2) is 6.10 Å². The van der Waals surface area contributed by atoms with Gasteiger partial charge in [-0.15, -0.1) is 12.8 Å². The summed E-state index contributed by atoms with van der Waals surface area (Å²) in [6.45, 7) is 1.29. The molecular weight excluding hydrogens is 564 g/mol. The molecule has 45 heavy (non-hydrogen) atoms. The Kier molecular flexibility index (Phi) is 12.0. The minimum atomic E-state index is -1.67. The summed E-state index contributed by atoms with van der Waals surface area (Å²) >= 11 is 0. The van der Waals surface area contributed by atoms with Gasteiger partial charge in [0.05, 0.1) is 33.0 Å². The van der Waals surface area contributed by atoms with Crippen molar-refractivity contribution in [3.05, 3.63) is 144 Å². The monoisotopic (exact) mass is 602 g/mol. The van der Waals surface area contributed by atoms with E-state index in [9.17, 15) is 0 Å². The molecule has 0 amide bonds. The van der Waals surface area contributed by atoms with Crippen molar-refractivity contribution >= 4 is 0 Å². The van der Waals surface area contributed by atoms with Gasteiger partial charge in [-0.1, -0.05) is 127 Å². The third-order valence-electron chi connectivity index (χ3n) is 7.50. The highest BCUT2D eigenvalue weighted by atomic mass is 16.7. The van der Waals surface area contributed by atoms with E-state index in [0.29, 0.717) is 13.2 Å². The van der Waals surface area contributed by atoms with Crippen molar-refractivity contribution in [1.29, 1.82) is 0 Å². The van der Waals surface area contributed by atoms with E-state index in [2.05, 4.69) is 11.8 Å². The molecule has 6 heteroatoms. The van der Waals surface area contributed by atoms with Crippen LogP contribution in [0.5, 0.6) is 0 Å². The van der Waals surface area contributed by atoms with Crippen LogP contribution in [0, 0.1) is 24.7 Å². The molecule has 230 valence electrons. The molecule has 1 aliphatic heterocycles. The fourth-order valence-corrected chi connectivity index (χ4v) is 5.26. The first kappa shape index (κ1) is 32.2. The lowest BCUT2D eigenvalue weighted by Crippen LogP contribution is -2.67. The van der Waals surface area contributed by atoms with Gasteiger partial charge in [0.1, 0.15) is 24.9 Å². The highest BCUT2D eigenvalue weighted by Crippen LogP contribution is 2.38. The molecule has 4 aromatic rings. The van der Waals surface area contributed by atoms with Gasteiger partial charge < -0.3 is 28.4 Å². The minimum Gasteiger partial charge on any atom is -0.374 e. The second-order valence-electron chi connectivity index (χ2n) is 10.7. The zero-order valence-electron chi connectivity index (χ0n) is 25.2. The number of benzene rings is 4. The molecule has 0 N–H and O–H groups in total. The normalized spacial score (nSPS) is 22.7. The zero-order valence-corrected chi connectivity index (χ0v) is 25.2. The molecule has 0 aromatic heterocycles. The van der Waals surface area contributed by atoms with Crippen LogP contribution >= 0.6 is 0 Å². The number of ether oxygens (including phenoxy) is 6. The molecule has 1 saturated heterocycles. The number of hydrogen-bond donors (Lipinski definition) is 0. The molecule has 4 aromatic carbocycles. The number of rotatable bonds is 15. The maximum absolute atomic E-state index is 6.69. The van der Waals surface area contributed by atoms with Crippen molar-refractivity contribution in [2.24, 2.45) is 0 Å². The average Bonchev–Trinajstić information content (AvgIpc) is 3.10. The van der Waals surface area contributed by atoms with Crippen molar-refractivity contribution < 1.29 is 28.4 Å². The largest absolute Gasteiger partial charge is 0.374 e. The van der Waals surface area contributed by atoms with E-state index in [4.69, 9.17) is 41.3 Å². The first-order chi connectivity index (χ1) is 22.2. The Balaban J connectivity index is 1.49. The molecule has 0 saturated carbocycles. The van der Waals surface area contributed by atoms with Crippen molar-refractivity contribution in [2.45, 2.75) is 56.6 Å². The maximum Gasteiger partial charge on any atom is 0.264 e. The average molecular weight is 603 g/mol. The van der Waals surface area contributed by atoms with Gasteiger partial charge in [0.25, 0.3) is 5.79 Å². The number of hydrogen-bond acceptors (Lipinski definition) is 6. The molecule has 5 rings (SSSR count). The van der Waals surface area contributed by atoms with E-state index in [1.807, 2.05) is 121 Å². The highest BCUT2D eigenvalue weighted by molar-refractivity contribution is 5.19. The lowest BCUT2D eigenvalue weighted by molar-refractivity contribution is -0.357. The summed E-state index contributed by atoms with van der Waals surface area (Å²) in [6, 6.07) is 39.6. The molecule has 0 unspecified atom stereocenters. The fourth-order valence-electron chi connectivity index (χ4n) is 5.26. The van der Waals surface area contributed by atoms with Crippen LogP contribution < -0.4 is 0 Å². The van der Waals surface area contributed by atoms with E-state index in [-0.39, 0.29) is 26.4 Å². The highest BCUT2D eigenvalue weighted by Gasteiger charge is 2.57. The van der Waals surface area contributed by atoms with Crippen LogP contribution in [0.1, 0.15) is 22.3 Å². The van der Waals surface area contributed by atoms with E-state index in [0.717, 1.165) is 22.3 Å². The topological polar surface area (TPSA) is 55.4 Å². The van der Waals surface area contributed by atoms with E-state index in [1.54, 1.807) is 0 Å². The third kappa shape index (κ3) is 8.91. The SMILES string of the molecule is C#CCO[C@@]1(C#C)O[C@H](COCc2ccccc2)[C@@H](OCc2ccccc2)[C@H](OCc2ccccc2)[C@H]1OCc1ccccc1. The Morgan fingerprint density at radius 1 is 0.578 bits per heavy atom. The van der Waals surface area contributed by atoms with Crippen LogP contribution in [-0.2, 0) is 54.8 Å². The van der Waals surface area contributed by atoms with Crippen LogP contribution in [0.15, 0.2) is 121 Å². The summed E-state index contributed by atoms with van der Waals surface area (Å²) in [6.07, 6.45) is 8.92. The van der Waals surface area contributed by atoms with Gasteiger partial charge >= 0.3 is 0 Å². The second kappa shape index (κ2) is 16.7. The Bertz CT molecular complexity index is 1500. The van der Waals surface area contributed by atoms with Crippen molar-refractivity contribution in [3.63, 3.8) is 0 Å². The van der Waals surface area contributed by atoms with Gasteiger partial charge in [-0.2, -0.15) is 0 Å². The van der Waals surface area contributed by atoms with Crippen molar-refractivity contribution in [2.75, 3.05) is 13.2 Å². The van der Waals surface area contributed by atoms with Gasteiger partial charge in [-0.05, 0) is 28.2 Å². The zero-order chi connectivity index (χ0) is 31.2. The molecule has 5 atom stereocenters. The molecular formula is C39H38O6. The standard InChI is InChI=1S/C39H38O6/c1-3-25-44-39(4-2)38(43-29-34-23-15-8-16-24-34)37(42-28-33-21-13-7-14-22-33)36(41-27-32-19-11-6-12-20-32)35(45-39)30-40-26-31-17-9-5-10-18-31/h1-2,5-24,35-38H,25-30H2/t35-,36-,37+,38-,39+/m1/s1. The van der Waals surface area contributed by atoms with E-state index < -0.39 is 30.2 Å².